The van der Waals surface area contributed by atoms with E-state index in [1.165, 1.54) is 6.20 Å². The van der Waals surface area contributed by atoms with Crippen LogP contribution in [0.3, 0.4) is 0 Å². The summed E-state index contributed by atoms with van der Waals surface area (Å²) in [5.74, 6) is 1.13. The predicted molar refractivity (Wildman–Crippen MR) is 68.4 cm³/mol. The Kier molecular flexibility index (Phi) is 3.52. The van der Waals surface area contributed by atoms with Crippen LogP contribution in [0.15, 0.2) is 12.3 Å². The van der Waals surface area contributed by atoms with Gasteiger partial charge in [0.2, 0.25) is 0 Å². The van der Waals surface area contributed by atoms with Gasteiger partial charge in [-0.05, 0) is 18.4 Å². The number of amides is 1. The van der Waals surface area contributed by atoms with E-state index in [0.717, 1.165) is 12.8 Å². The van der Waals surface area contributed by atoms with E-state index in [0.29, 0.717) is 28.4 Å². The molecule has 4 nitrogen and oxygen atoms in total. The molecule has 1 heterocycles. The van der Waals surface area contributed by atoms with Crippen LogP contribution in [0, 0.1) is 5.92 Å². The third-order valence-electron chi connectivity index (χ3n) is 3.10. The molecule has 92 valence electrons. The predicted octanol–water partition coefficient (Wildman–Crippen LogP) is 2.31. The van der Waals surface area contributed by atoms with Crippen molar-refractivity contribution in [2.24, 2.45) is 5.92 Å². The molecule has 1 saturated carbocycles. The molecule has 0 aromatic carbocycles. The Bertz CT molecular complexity index is 436. The summed E-state index contributed by atoms with van der Waals surface area (Å²) in [5.41, 5.74) is 0.510. The standard InChI is InChI=1S/C12H16ClN3O/c1-3-7-5-10(7)16-12(17)8-4-9(13)11(14-2)15-6-8/h4,6-7,10H,3,5H2,1-2H3,(H,14,15)(H,16,17). The molecule has 0 bridgehead atoms. The van der Waals surface area contributed by atoms with Gasteiger partial charge in [-0.15, -0.1) is 0 Å². The quantitative estimate of drug-likeness (QED) is 0.866. The highest BCUT2D eigenvalue weighted by Crippen LogP contribution is 2.33. The summed E-state index contributed by atoms with van der Waals surface area (Å²) in [6, 6.07) is 1.97. The van der Waals surface area contributed by atoms with Crippen LogP contribution < -0.4 is 10.6 Å². The summed E-state index contributed by atoms with van der Waals surface area (Å²) < 4.78 is 0. The first kappa shape index (κ1) is 12.2. The minimum atomic E-state index is -0.0944. The van der Waals surface area contributed by atoms with Crippen LogP contribution in [0.25, 0.3) is 0 Å². The lowest BCUT2D eigenvalue weighted by molar-refractivity contribution is 0.0948. The average Bonchev–Trinajstić information content (AvgIpc) is 3.07. The van der Waals surface area contributed by atoms with Gasteiger partial charge in [-0.25, -0.2) is 4.98 Å². The Hall–Kier alpha value is -1.29. The fourth-order valence-electron chi connectivity index (χ4n) is 1.87. The topological polar surface area (TPSA) is 54.0 Å². The number of nitrogens with zero attached hydrogens (tertiary/aromatic N) is 1. The van der Waals surface area contributed by atoms with Crippen LogP contribution in [0.1, 0.15) is 30.1 Å². The summed E-state index contributed by atoms with van der Waals surface area (Å²) >= 11 is 5.98. The van der Waals surface area contributed by atoms with E-state index in [2.05, 4.69) is 22.5 Å². The van der Waals surface area contributed by atoms with Gasteiger partial charge in [0, 0.05) is 19.3 Å². The number of carbonyl (C=O) groups is 1. The van der Waals surface area contributed by atoms with Crippen molar-refractivity contribution in [3.63, 3.8) is 0 Å². The highest BCUT2D eigenvalue weighted by atomic mass is 35.5. The van der Waals surface area contributed by atoms with Gasteiger partial charge in [0.1, 0.15) is 5.82 Å². The summed E-state index contributed by atoms with van der Waals surface area (Å²) in [5, 5.41) is 6.29. The van der Waals surface area contributed by atoms with Crippen LogP contribution in [-0.2, 0) is 0 Å². The van der Waals surface area contributed by atoms with E-state index in [1.807, 2.05) is 0 Å². The third kappa shape index (κ3) is 2.69. The van der Waals surface area contributed by atoms with E-state index in [1.54, 1.807) is 13.1 Å². The first-order chi connectivity index (χ1) is 8.15. The van der Waals surface area contributed by atoms with Crippen molar-refractivity contribution < 1.29 is 4.79 Å². The minimum Gasteiger partial charge on any atom is -0.372 e. The number of halogens is 1. The number of hydrogen-bond donors (Lipinski definition) is 2. The number of pyridine rings is 1. The summed E-state index contributed by atoms with van der Waals surface area (Å²) in [4.78, 5) is 16.0. The van der Waals surface area contributed by atoms with E-state index >= 15 is 0 Å². The molecule has 2 N–H and O–H groups in total. The number of rotatable bonds is 4. The number of nitrogens with one attached hydrogen (secondary N) is 2. The molecule has 2 rings (SSSR count). The zero-order valence-corrected chi connectivity index (χ0v) is 10.7. The maximum absolute atomic E-state index is 11.9. The normalized spacial score (nSPS) is 22.1. The second kappa shape index (κ2) is 4.92. The molecule has 0 spiro atoms. The van der Waals surface area contributed by atoms with Crippen molar-refractivity contribution >= 4 is 23.3 Å². The van der Waals surface area contributed by atoms with Crippen molar-refractivity contribution in [2.45, 2.75) is 25.8 Å². The van der Waals surface area contributed by atoms with Gasteiger partial charge < -0.3 is 10.6 Å². The largest absolute Gasteiger partial charge is 0.372 e. The SMILES string of the molecule is CCC1CC1NC(=O)c1cnc(NC)c(Cl)c1. The van der Waals surface area contributed by atoms with E-state index in [4.69, 9.17) is 11.6 Å². The molecule has 1 aromatic rings. The van der Waals surface area contributed by atoms with Gasteiger partial charge >= 0.3 is 0 Å². The van der Waals surface area contributed by atoms with Crippen LogP contribution >= 0.6 is 11.6 Å². The minimum absolute atomic E-state index is 0.0944. The van der Waals surface area contributed by atoms with E-state index in [-0.39, 0.29) is 5.91 Å². The molecule has 1 aliphatic rings. The smallest absolute Gasteiger partial charge is 0.253 e. The number of aromatic nitrogens is 1. The fraction of sp³-hybridized carbons (Fsp3) is 0.500. The molecule has 1 amide bonds. The zero-order valence-electron chi connectivity index (χ0n) is 9.96. The molecule has 1 aromatic heterocycles. The summed E-state index contributed by atoms with van der Waals surface area (Å²) in [6.07, 6.45) is 3.73. The van der Waals surface area contributed by atoms with Gasteiger partial charge in [0.15, 0.2) is 0 Å². The number of hydrogen-bond acceptors (Lipinski definition) is 3. The van der Waals surface area contributed by atoms with E-state index < -0.39 is 0 Å². The lowest BCUT2D eigenvalue weighted by Gasteiger charge is -2.06. The summed E-state index contributed by atoms with van der Waals surface area (Å²) in [6.45, 7) is 2.14. The Morgan fingerprint density at radius 3 is 2.94 bits per heavy atom. The van der Waals surface area contributed by atoms with E-state index in [9.17, 15) is 4.79 Å². The monoisotopic (exact) mass is 253 g/mol. The molecule has 2 unspecified atom stereocenters. The molecule has 2 atom stereocenters. The van der Waals surface area contributed by atoms with Gasteiger partial charge in [0.05, 0.1) is 10.6 Å². The second-order valence-electron chi connectivity index (χ2n) is 4.29. The van der Waals surface area contributed by atoms with Crippen molar-refractivity contribution in [3.8, 4) is 0 Å². The first-order valence-corrected chi connectivity index (χ1v) is 6.17. The third-order valence-corrected chi connectivity index (χ3v) is 3.39. The lowest BCUT2D eigenvalue weighted by atomic mass is 10.2. The Morgan fingerprint density at radius 1 is 1.65 bits per heavy atom. The second-order valence-corrected chi connectivity index (χ2v) is 4.70. The van der Waals surface area contributed by atoms with Gasteiger partial charge in [-0.1, -0.05) is 24.9 Å². The van der Waals surface area contributed by atoms with Crippen molar-refractivity contribution in [2.75, 3.05) is 12.4 Å². The van der Waals surface area contributed by atoms with Crippen LogP contribution in [-0.4, -0.2) is 24.0 Å². The van der Waals surface area contributed by atoms with Crippen molar-refractivity contribution in [3.05, 3.63) is 22.8 Å². The zero-order chi connectivity index (χ0) is 12.4. The fourth-order valence-corrected chi connectivity index (χ4v) is 2.13. The van der Waals surface area contributed by atoms with Crippen molar-refractivity contribution in [1.82, 2.24) is 10.3 Å². The van der Waals surface area contributed by atoms with Crippen LogP contribution in [0.4, 0.5) is 5.82 Å². The Labute approximate surface area is 106 Å². The first-order valence-electron chi connectivity index (χ1n) is 5.79. The molecule has 5 heteroatoms. The Balaban J connectivity index is 2.02. The molecule has 0 aliphatic heterocycles. The maximum Gasteiger partial charge on any atom is 0.253 e. The van der Waals surface area contributed by atoms with Crippen LogP contribution in [0.2, 0.25) is 5.02 Å². The number of anilines is 1. The average molecular weight is 254 g/mol. The highest BCUT2D eigenvalue weighted by molar-refractivity contribution is 6.33. The van der Waals surface area contributed by atoms with Gasteiger partial charge in [0.25, 0.3) is 5.91 Å². The summed E-state index contributed by atoms with van der Waals surface area (Å²) in [7, 11) is 1.74. The molecular formula is C12H16ClN3O. The van der Waals surface area contributed by atoms with Gasteiger partial charge in [-0.3, -0.25) is 4.79 Å². The Morgan fingerprint density at radius 2 is 2.41 bits per heavy atom. The van der Waals surface area contributed by atoms with Crippen LogP contribution in [0.5, 0.6) is 0 Å². The molecule has 1 fully saturated rings. The lowest BCUT2D eigenvalue weighted by Crippen LogP contribution is -2.26. The molecular weight excluding hydrogens is 238 g/mol. The molecule has 0 radical (unpaired) electrons. The molecule has 1 aliphatic carbocycles. The molecule has 0 saturated heterocycles. The maximum atomic E-state index is 11.9. The van der Waals surface area contributed by atoms with Gasteiger partial charge in [-0.2, -0.15) is 0 Å². The molecule has 17 heavy (non-hydrogen) atoms. The van der Waals surface area contributed by atoms with Crippen molar-refractivity contribution in [1.29, 1.82) is 0 Å². The highest BCUT2D eigenvalue weighted by Gasteiger charge is 2.36. The number of carbonyl (C=O) groups excluding carboxylic acids is 1.